The third-order valence-electron chi connectivity index (χ3n) is 2.87. The van der Waals surface area contributed by atoms with Crippen molar-refractivity contribution in [2.45, 2.75) is 20.3 Å². The Bertz CT molecular complexity index is 313. The van der Waals surface area contributed by atoms with E-state index in [-0.39, 0.29) is 5.82 Å². The Labute approximate surface area is 103 Å². The van der Waals surface area contributed by atoms with Gasteiger partial charge in [-0.2, -0.15) is 12.6 Å². The monoisotopic (exact) mass is 241 g/mol. The SMILES string of the molecule is CCC(CS)CN(CC)c1cccc(F)c1. The van der Waals surface area contributed by atoms with Gasteiger partial charge in [-0.1, -0.05) is 19.4 Å². The Morgan fingerprint density at radius 1 is 1.38 bits per heavy atom. The first kappa shape index (κ1) is 13.4. The van der Waals surface area contributed by atoms with Crippen LogP contribution in [0, 0.1) is 11.7 Å². The van der Waals surface area contributed by atoms with Crippen LogP contribution < -0.4 is 4.90 Å². The number of rotatable bonds is 6. The van der Waals surface area contributed by atoms with Gasteiger partial charge in [-0.25, -0.2) is 4.39 Å². The summed E-state index contributed by atoms with van der Waals surface area (Å²) in [4.78, 5) is 2.20. The summed E-state index contributed by atoms with van der Waals surface area (Å²) < 4.78 is 13.1. The zero-order valence-corrected chi connectivity index (χ0v) is 10.9. The molecule has 0 fully saturated rings. The molecule has 0 aliphatic heterocycles. The van der Waals surface area contributed by atoms with E-state index in [0.29, 0.717) is 5.92 Å². The standard InChI is InChI=1S/C13H20FNS/c1-3-11(10-16)9-15(4-2)13-7-5-6-12(14)8-13/h5-8,11,16H,3-4,9-10H2,1-2H3. The molecule has 0 aromatic heterocycles. The molecular weight excluding hydrogens is 221 g/mol. The average Bonchev–Trinajstić information content (AvgIpc) is 2.31. The van der Waals surface area contributed by atoms with Crippen molar-refractivity contribution in [2.75, 3.05) is 23.7 Å². The lowest BCUT2D eigenvalue weighted by Gasteiger charge is -2.27. The molecule has 1 aromatic rings. The van der Waals surface area contributed by atoms with Gasteiger partial charge in [0, 0.05) is 18.8 Å². The van der Waals surface area contributed by atoms with E-state index in [1.54, 1.807) is 12.1 Å². The second-order valence-corrected chi connectivity index (χ2v) is 4.34. The summed E-state index contributed by atoms with van der Waals surface area (Å²) in [6.07, 6.45) is 1.11. The summed E-state index contributed by atoms with van der Waals surface area (Å²) in [6.45, 7) is 6.10. The molecule has 1 rings (SSSR count). The van der Waals surface area contributed by atoms with E-state index >= 15 is 0 Å². The smallest absolute Gasteiger partial charge is 0.125 e. The molecule has 0 bridgehead atoms. The van der Waals surface area contributed by atoms with E-state index in [4.69, 9.17) is 0 Å². The van der Waals surface area contributed by atoms with Crippen molar-refractivity contribution in [2.24, 2.45) is 5.92 Å². The lowest BCUT2D eigenvalue weighted by molar-refractivity contribution is 0.556. The molecule has 16 heavy (non-hydrogen) atoms. The summed E-state index contributed by atoms with van der Waals surface area (Å²) in [5.74, 6) is 1.27. The fourth-order valence-corrected chi connectivity index (χ4v) is 2.09. The Kier molecular flexibility index (Phi) is 5.67. The van der Waals surface area contributed by atoms with Crippen molar-refractivity contribution in [3.8, 4) is 0 Å². The highest BCUT2D eigenvalue weighted by atomic mass is 32.1. The summed E-state index contributed by atoms with van der Waals surface area (Å²) >= 11 is 4.34. The van der Waals surface area contributed by atoms with Crippen molar-refractivity contribution < 1.29 is 4.39 Å². The molecule has 1 nitrogen and oxygen atoms in total. The van der Waals surface area contributed by atoms with Gasteiger partial charge < -0.3 is 4.90 Å². The van der Waals surface area contributed by atoms with Crippen LogP contribution in [0.15, 0.2) is 24.3 Å². The maximum Gasteiger partial charge on any atom is 0.125 e. The fourth-order valence-electron chi connectivity index (χ4n) is 1.72. The van der Waals surface area contributed by atoms with Crippen LogP contribution >= 0.6 is 12.6 Å². The van der Waals surface area contributed by atoms with Crippen LogP contribution in [-0.2, 0) is 0 Å². The molecule has 0 saturated carbocycles. The van der Waals surface area contributed by atoms with E-state index in [1.165, 1.54) is 6.07 Å². The van der Waals surface area contributed by atoms with E-state index in [9.17, 15) is 4.39 Å². The lowest BCUT2D eigenvalue weighted by Crippen LogP contribution is -2.29. The fraction of sp³-hybridized carbons (Fsp3) is 0.538. The molecule has 1 atom stereocenters. The molecule has 90 valence electrons. The summed E-state index contributed by atoms with van der Waals surface area (Å²) in [7, 11) is 0. The van der Waals surface area contributed by atoms with Gasteiger partial charge in [0.15, 0.2) is 0 Å². The predicted molar refractivity (Wildman–Crippen MR) is 71.9 cm³/mol. The molecule has 0 aliphatic carbocycles. The maximum absolute atomic E-state index is 13.1. The molecular formula is C13H20FNS. The van der Waals surface area contributed by atoms with Crippen molar-refractivity contribution >= 4 is 18.3 Å². The average molecular weight is 241 g/mol. The quantitative estimate of drug-likeness (QED) is 0.745. The molecule has 0 spiro atoms. The zero-order chi connectivity index (χ0) is 12.0. The van der Waals surface area contributed by atoms with Crippen LogP contribution in [0.4, 0.5) is 10.1 Å². The Morgan fingerprint density at radius 2 is 2.12 bits per heavy atom. The van der Waals surface area contributed by atoms with E-state index in [2.05, 4.69) is 31.4 Å². The number of hydrogen-bond acceptors (Lipinski definition) is 2. The molecule has 0 heterocycles. The van der Waals surface area contributed by atoms with Gasteiger partial charge in [0.2, 0.25) is 0 Å². The van der Waals surface area contributed by atoms with Crippen molar-refractivity contribution in [3.05, 3.63) is 30.1 Å². The van der Waals surface area contributed by atoms with Crippen LogP contribution in [-0.4, -0.2) is 18.8 Å². The van der Waals surface area contributed by atoms with Crippen LogP contribution in [0.3, 0.4) is 0 Å². The second kappa shape index (κ2) is 6.79. The molecule has 0 saturated heterocycles. The first-order valence-corrected chi connectivity index (χ1v) is 6.45. The van der Waals surface area contributed by atoms with Crippen LogP contribution in [0.5, 0.6) is 0 Å². The highest BCUT2D eigenvalue weighted by Gasteiger charge is 2.11. The van der Waals surface area contributed by atoms with Crippen molar-refractivity contribution in [3.63, 3.8) is 0 Å². The summed E-state index contributed by atoms with van der Waals surface area (Å²) in [5.41, 5.74) is 0.961. The first-order valence-electron chi connectivity index (χ1n) is 5.82. The zero-order valence-electron chi connectivity index (χ0n) is 9.99. The molecule has 0 amide bonds. The van der Waals surface area contributed by atoms with Gasteiger partial charge in [0.1, 0.15) is 5.82 Å². The number of hydrogen-bond donors (Lipinski definition) is 1. The number of benzene rings is 1. The molecule has 3 heteroatoms. The Balaban J connectivity index is 2.74. The van der Waals surface area contributed by atoms with Gasteiger partial charge in [0.05, 0.1) is 0 Å². The van der Waals surface area contributed by atoms with E-state index in [0.717, 1.165) is 31.0 Å². The molecule has 1 unspecified atom stereocenters. The second-order valence-electron chi connectivity index (χ2n) is 3.98. The minimum atomic E-state index is -0.171. The maximum atomic E-state index is 13.1. The highest BCUT2D eigenvalue weighted by molar-refractivity contribution is 7.80. The van der Waals surface area contributed by atoms with Gasteiger partial charge >= 0.3 is 0 Å². The van der Waals surface area contributed by atoms with Crippen LogP contribution in [0.2, 0.25) is 0 Å². The third-order valence-corrected chi connectivity index (χ3v) is 3.39. The summed E-state index contributed by atoms with van der Waals surface area (Å²) in [6, 6.07) is 6.79. The normalized spacial score (nSPS) is 12.5. The van der Waals surface area contributed by atoms with E-state index < -0.39 is 0 Å². The van der Waals surface area contributed by atoms with Crippen molar-refractivity contribution in [1.82, 2.24) is 0 Å². The Morgan fingerprint density at radius 3 is 2.62 bits per heavy atom. The third kappa shape index (κ3) is 3.71. The topological polar surface area (TPSA) is 3.24 Å². The minimum absolute atomic E-state index is 0.171. The first-order chi connectivity index (χ1) is 7.71. The van der Waals surface area contributed by atoms with Crippen LogP contribution in [0.1, 0.15) is 20.3 Å². The van der Waals surface area contributed by atoms with Crippen LogP contribution in [0.25, 0.3) is 0 Å². The lowest BCUT2D eigenvalue weighted by atomic mass is 10.1. The number of nitrogens with zero attached hydrogens (tertiary/aromatic N) is 1. The Hall–Kier alpha value is -0.700. The van der Waals surface area contributed by atoms with Gasteiger partial charge in [-0.15, -0.1) is 0 Å². The highest BCUT2D eigenvalue weighted by Crippen LogP contribution is 2.18. The number of thiol groups is 1. The largest absolute Gasteiger partial charge is 0.371 e. The molecule has 1 aromatic carbocycles. The van der Waals surface area contributed by atoms with Gasteiger partial charge in [-0.3, -0.25) is 0 Å². The predicted octanol–water partition coefficient (Wildman–Crippen LogP) is 3.61. The van der Waals surface area contributed by atoms with Gasteiger partial charge in [-0.05, 0) is 36.8 Å². The summed E-state index contributed by atoms with van der Waals surface area (Å²) in [5, 5.41) is 0. The van der Waals surface area contributed by atoms with E-state index in [1.807, 2.05) is 6.07 Å². The van der Waals surface area contributed by atoms with Crippen molar-refractivity contribution in [1.29, 1.82) is 0 Å². The number of anilines is 1. The molecule has 0 radical (unpaired) electrons. The molecule has 0 N–H and O–H groups in total. The van der Waals surface area contributed by atoms with Gasteiger partial charge in [0.25, 0.3) is 0 Å². The molecule has 0 aliphatic rings. The number of halogens is 1. The minimum Gasteiger partial charge on any atom is -0.371 e.